The molecule has 2 aromatic rings. The molecule has 0 aliphatic rings. The number of hydrogen-bond donors (Lipinski definition) is 1. The lowest BCUT2D eigenvalue weighted by Gasteiger charge is -1.91. The minimum Gasteiger partial charge on any atom is -0.351 e. The van der Waals surface area contributed by atoms with E-state index in [0.29, 0.717) is 16.1 Å². The molecule has 0 aliphatic carbocycles. The molecule has 2 rings (SSSR count). The monoisotopic (exact) mass is 241 g/mol. The van der Waals surface area contributed by atoms with E-state index in [1.54, 1.807) is 6.20 Å². The molecule has 0 spiro atoms. The maximum absolute atomic E-state index is 5.25. The molecule has 66 valence electrons. The zero-order valence-corrected chi connectivity index (χ0v) is 7.89. The Morgan fingerprint density at radius 3 is 2.69 bits per heavy atom. The van der Waals surface area contributed by atoms with Gasteiger partial charge < -0.3 is 10.3 Å². The first-order chi connectivity index (χ1) is 6.25. The fourth-order valence-electron chi connectivity index (χ4n) is 0.767. The number of hydrogen-bond acceptors (Lipinski definition) is 6. The summed E-state index contributed by atoms with van der Waals surface area (Å²) in [6, 6.07) is 0.0136. The van der Waals surface area contributed by atoms with Gasteiger partial charge in [-0.1, -0.05) is 5.16 Å². The predicted octanol–water partition coefficient (Wildman–Crippen LogP) is 0.871. The summed E-state index contributed by atoms with van der Waals surface area (Å²) >= 11 is 3.16. The van der Waals surface area contributed by atoms with Crippen molar-refractivity contribution < 1.29 is 4.52 Å². The quantitative estimate of drug-likeness (QED) is 0.797. The SMILES string of the molecule is Nc1nc(-c2cnc(Br)cn2)no1. The van der Waals surface area contributed by atoms with Gasteiger partial charge in [-0.05, 0) is 15.9 Å². The third kappa shape index (κ3) is 1.64. The van der Waals surface area contributed by atoms with Crippen LogP contribution < -0.4 is 5.73 Å². The lowest BCUT2D eigenvalue weighted by molar-refractivity contribution is 0.436. The summed E-state index contributed by atoms with van der Waals surface area (Å²) in [5.74, 6) is 0.331. The Labute approximate surface area is 81.3 Å². The maximum Gasteiger partial charge on any atom is 0.319 e. The van der Waals surface area contributed by atoms with Crippen molar-refractivity contribution in [2.24, 2.45) is 0 Å². The fourth-order valence-corrected chi connectivity index (χ4v) is 0.972. The van der Waals surface area contributed by atoms with Crippen molar-refractivity contribution in [3.05, 3.63) is 17.0 Å². The molecular weight excluding hydrogens is 238 g/mol. The van der Waals surface area contributed by atoms with E-state index in [2.05, 4.69) is 40.6 Å². The molecule has 0 amide bonds. The highest BCUT2D eigenvalue weighted by atomic mass is 79.9. The third-order valence-electron chi connectivity index (χ3n) is 1.29. The van der Waals surface area contributed by atoms with Crippen LogP contribution in [0.1, 0.15) is 0 Å². The highest BCUT2D eigenvalue weighted by molar-refractivity contribution is 9.10. The largest absolute Gasteiger partial charge is 0.351 e. The van der Waals surface area contributed by atoms with Gasteiger partial charge in [0.2, 0.25) is 5.82 Å². The van der Waals surface area contributed by atoms with E-state index in [1.165, 1.54) is 6.20 Å². The third-order valence-corrected chi connectivity index (χ3v) is 1.70. The molecule has 13 heavy (non-hydrogen) atoms. The average Bonchev–Trinajstić information content (AvgIpc) is 2.53. The Kier molecular flexibility index (Phi) is 1.93. The second kappa shape index (κ2) is 3.09. The smallest absolute Gasteiger partial charge is 0.319 e. The molecule has 7 heteroatoms. The van der Waals surface area contributed by atoms with Crippen LogP contribution in [0.2, 0.25) is 0 Å². The van der Waals surface area contributed by atoms with Crippen molar-refractivity contribution in [2.75, 3.05) is 5.73 Å². The molecule has 2 N–H and O–H groups in total. The number of halogens is 1. The molecule has 0 unspecified atom stereocenters. The van der Waals surface area contributed by atoms with Crippen LogP contribution in [0.25, 0.3) is 11.5 Å². The van der Waals surface area contributed by atoms with Gasteiger partial charge in [0.25, 0.3) is 0 Å². The van der Waals surface area contributed by atoms with Gasteiger partial charge in [-0.2, -0.15) is 4.98 Å². The molecule has 2 aromatic heterocycles. The van der Waals surface area contributed by atoms with E-state index in [4.69, 9.17) is 5.73 Å². The van der Waals surface area contributed by atoms with Gasteiger partial charge in [0.15, 0.2) is 0 Å². The van der Waals surface area contributed by atoms with Crippen LogP contribution in [-0.2, 0) is 0 Å². The standard InChI is InChI=1S/C6H4BrN5O/c7-4-2-9-3(1-10-4)5-11-6(8)13-12-5/h1-2H,(H2,8,11,12). The van der Waals surface area contributed by atoms with Crippen molar-refractivity contribution in [3.8, 4) is 11.5 Å². The Balaban J connectivity index is 2.41. The van der Waals surface area contributed by atoms with Gasteiger partial charge in [-0.3, -0.25) is 0 Å². The van der Waals surface area contributed by atoms with E-state index < -0.39 is 0 Å². The van der Waals surface area contributed by atoms with E-state index >= 15 is 0 Å². The zero-order valence-electron chi connectivity index (χ0n) is 6.31. The van der Waals surface area contributed by atoms with Gasteiger partial charge in [0.1, 0.15) is 10.3 Å². The second-order valence-corrected chi connectivity index (χ2v) is 2.99. The number of aromatic nitrogens is 4. The molecule has 2 heterocycles. The first-order valence-electron chi connectivity index (χ1n) is 3.33. The minimum atomic E-state index is 0.0136. The number of nitrogen functional groups attached to an aromatic ring is 1. The summed E-state index contributed by atoms with van der Waals surface area (Å²) in [6.07, 6.45) is 3.07. The second-order valence-electron chi connectivity index (χ2n) is 2.18. The highest BCUT2D eigenvalue weighted by Crippen LogP contribution is 2.13. The Hall–Kier alpha value is -1.50. The average molecular weight is 242 g/mol. The van der Waals surface area contributed by atoms with Crippen molar-refractivity contribution in [1.29, 1.82) is 0 Å². The lowest BCUT2D eigenvalue weighted by Crippen LogP contribution is -1.88. The van der Waals surface area contributed by atoms with E-state index in [-0.39, 0.29) is 6.01 Å². The maximum atomic E-state index is 5.25. The summed E-state index contributed by atoms with van der Waals surface area (Å²) in [6.45, 7) is 0. The molecule has 0 saturated carbocycles. The molecule has 0 aromatic carbocycles. The minimum absolute atomic E-state index is 0.0136. The zero-order chi connectivity index (χ0) is 9.26. The first kappa shape index (κ1) is 8.11. The van der Waals surface area contributed by atoms with Crippen LogP contribution in [0, 0.1) is 0 Å². The van der Waals surface area contributed by atoms with Crippen LogP contribution in [-0.4, -0.2) is 20.1 Å². The number of nitrogens with zero attached hydrogens (tertiary/aromatic N) is 4. The van der Waals surface area contributed by atoms with Crippen molar-refractivity contribution in [1.82, 2.24) is 20.1 Å². The number of rotatable bonds is 1. The van der Waals surface area contributed by atoms with Gasteiger partial charge in [-0.25, -0.2) is 9.97 Å². The Morgan fingerprint density at radius 1 is 1.31 bits per heavy atom. The molecular formula is C6H4BrN5O. The summed E-state index contributed by atoms with van der Waals surface area (Å²) in [5, 5.41) is 3.59. The van der Waals surface area contributed by atoms with Gasteiger partial charge in [0, 0.05) is 0 Å². The molecule has 6 nitrogen and oxygen atoms in total. The van der Waals surface area contributed by atoms with Crippen LogP contribution >= 0.6 is 15.9 Å². The Morgan fingerprint density at radius 2 is 2.15 bits per heavy atom. The van der Waals surface area contributed by atoms with E-state index in [1.807, 2.05) is 0 Å². The summed E-state index contributed by atoms with van der Waals surface area (Å²) in [7, 11) is 0. The molecule has 0 fully saturated rings. The first-order valence-corrected chi connectivity index (χ1v) is 4.12. The topological polar surface area (TPSA) is 90.7 Å². The summed E-state index contributed by atoms with van der Waals surface area (Å²) in [5.41, 5.74) is 5.77. The fraction of sp³-hybridized carbons (Fsp3) is 0. The molecule has 0 saturated heterocycles. The Bertz CT molecular complexity index is 411. The van der Waals surface area contributed by atoms with Crippen molar-refractivity contribution in [3.63, 3.8) is 0 Å². The highest BCUT2D eigenvalue weighted by Gasteiger charge is 2.07. The van der Waals surface area contributed by atoms with E-state index in [0.717, 1.165) is 0 Å². The van der Waals surface area contributed by atoms with Crippen LogP contribution in [0.5, 0.6) is 0 Å². The van der Waals surface area contributed by atoms with Gasteiger partial charge in [-0.15, -0.1) is 0 Å². The van der Waals surface area contributed by atoms with Gasteiger partial charge in [0.05, 0.1) is 12.4 Å². The number of nitrogens with two attached hydrogens (primary N) is 1. The lowest BCUT2D eigenvalue weighted by atomic mass is 10.4. The van der Waals surface area contributed by atoms with Crippen molar-refractivity contribution >= 4 is 21.9 Å². The van der Waals surface area contributed by atoms with Crippen LogP contribution in [0.15, 0.2) is 21.5 Å². The molecule has 0 atom stereocenters. The van der Waals surface area contributed by atoms with Crippen molar-refractivity contribution in [2.45, 2.75) is 0 Å². The molecule has 0 bridgehead atoms. The van der Waals surface area contributed by atoms with Gasteiger partial charge >= 0.3 is 6.01 Å². The number of anilines is 1. The van der Waals surface area contributed by atoms with Crippen LogP contribution in [0.3, 0.4) is 0 Å². The predicted molar refractivity (Wildman–Crippen MR) is 47.4 cm³/mol. The normalized spacial score (nSPS) is 10.2. The summed E-state index contributed by atoms with van der Waals surface area (Å²) in [4.78, 5) is 11.8. The van der Waals surface area contributed by atoms with E-state index in [9.17, 15) is 0 Å². The molecule has 0 radical (unpaired) electrons. The van der Waals surface area contributed by atoms with Crippen LogP contribution in [0.4, 0.5) is 6.01 Å². The summed E-state index contributed by atoms with van der Waals surface area (Å²) < 4.78 is 5.23. The molecule has 0 aliphatic heterocycles.